The maximum atomic E-state index is 11.6. The summed E-state index contributed by atoms with van der Waals surface area (Å²) in [4.78, 5) is 15.9. The summed E-state index contributed by atoms with van der Waals surface area (Å²) >= 11 is 13.0. The Labute approximate surface area is 119 Å². The van der Waals surface area contributed by atoms with Crippen molar-refractivity contribution in [2.45, 2.75) is 19.8 Å². The standard InChI is InChI=1S/C12H12Cl2N2OS/c1-7-5-10-9(6-8(7)14)15-12(18-10)16-11(17)3-2-4-13/h5-6H,2-4H2,1H3,(H,15,16,17). The molecule has 3 nitrogen and oxygen atoms in total. The Morgan fingerprint density at radius 1 is 1.50 bits per heavy atom. The topological polar surface area (TPSA) is 42.0 Å². The molecule has 1 heterocycles. The summed E-state index contributed by atoms with van der Waals surface area (Å²) in [6, 6.07) is 3.79. The minimum atomic E-state index is -0.0578. The number of alkyl halides is 1. The van der Waals surface area contributed by atoms with E-state index in [2.05, 4.69) is 10.3 Å². The summed E-state index contributed by atoms with van der Waals surface area (Å²) in [7, 11) is 0. The van der Waals surface area contributed by atoms with Gasteiger partial charge in [0.1, 0.15) is 0 Å². The molecular formula is C12H12Cl2N2OS. The average Bonchev–Trinajstić information content (AvgIpc) is 2.68. The van der Waals surface area contributed by atoms with E-state index in [9.17, 15) is 4.79 Å². The lowest BCUT2D eigenvalue weighted by Gasteiger charge is -1.98. The zero-order chi connectivity index (χ0) is 13.1. The normalized spacial score (nSPS) is 10.8. The molecule has 0 spiro atoms. The average molecular weight is 303 g/mol. The first-order valence-corrected chi connectivity index (χ1v) is 7.25. The smallest absolute Gasteiger partial charge is 0.226 e. The molecular weight excluding hydrogens is 291 g/mol. The van der Waals surface area contributed by atoms with Crippen LogP contribution in [0.3, 0.4) is 0 Å². The lowest BCUT2D eigenvalue weighted by atomic mass is 10.2. The molecule has 0 aliphatic rings. The number of amides is 1. The van der Waals surface area contributed by atoms with Crippen LogP contribution >= 0.6 is 34.5 Å². The number of anilines is 1. The lowest BCUT2D eigenvalue weighted by molar-refractivity contribution is -0.116. The van der Waals surface area contributed by atoms with Crippen LogP contribution in [0.2, 0.25) is 5.02 Å². The summed E-state index contributed by atoms with van der Waals surface area (Å²) in [5.41, 5.74) is 1.82. The molecule has 0 aliphatic heterocycles. The molecule has 2 aromatic rings. The second-order valence-corrected chi connectivity index (χ2v) is 5.74. The number of carbonyl (C=O) groups is 1. The van der Waals surface area contributed by atoms with Gasteiger partial charge in [-0.3, -0.25) is 4.79 Å². The van der Waals surface area contributed by atoms with Crippen molar-refractivity contribution in [2.24, 2.45) is 0 Å². The molecule has 1 aromatic heterocycles. The summed E-state index contributed by atoms with van der Waals surface area (Å²) in [5, 5.41) is 4.06. The largest absolute Gasteiger partial charge is 0.302 e. The number of nitrogens with zero attached hydrogens (tertiary/aromatic N) is 1. The third kappa shape index (κ3) is 3.13. The van der Waals surface area contributed by atoms with Gasteiger partial charge in [0.2, 0.25) is 5.91 Å². The molecule has 0 bridgehead atoms. The van der Waals surface area contributed by atoms with E-state index in [0.29, 0.717) is 28.9 Å². The fourth-order valence-corrected chi connectivity index (χ4v) is 2.77. The maximum Gasteiger partial charge on any atom is 0.226 e. The molecule has 0 saturated carbocycles. The van der Waals surface area contributed by atoms with Crippen LogP contribution in [0.4, 0.5) is 5.13 Å². The molecule has 96 valence electrons. The highest BCUT2D eigenvalue weighted by Gasteiger charge is 2.09. The van der Waals surface area contributed by atoms with Crippen molar-refractivity contribution < 1.29 is 4.79 Å². The van der Waals surface area contributed by atoms with Gasteiger partial charge in [-0.25, -0.2) is 4.98 Å². The van der Waals surface area contributed by atoms with Gasteiger partial charge in [-0.15, -0.1) is 11.6 Å². The van der Waals surface area contributed by atoms with Crippen LogP contribution in [0.25, 0.3) is 10.2 Å². The zero-order valence-corrected chi connectivity index (χ0v) is 12.1. The van der Waals surface area contributed by atoms with Crippen LogP contribution in [0, 0.1) is 6.92 Å². The Kier molecular flexibility index (Phi) is 4.43. The number of hydrogen-bond acceptors (Lipinski definition) is 3. The number of hydrogen-bond donors (Lipinski definition) is 1. The van der Waals surface area contributed by atoms with Crippen LogP contribution in [-0.4, -0.2) is 16.8 Å². The van der Waals surface area contributed by atoms with Crippen molar-refractivity contribution >= 4 is 55.8 Å². The van der Waals surface area contributed by atoms with Crippen molar-refractivity contribution in [1.82, 2.24) is 4.98 Å². The quantitative estimate of drug-likeness (QED) is 0.859. The van der Waals surface area contributed by atoms with Gasteiger partial charge in [0.15, 0.2) is 5.13 Å². The minimum Gasteiger partial charge on any atom is -0.302 e. The van der Waals surface area contributed by atoms with Crippen LogP contribution < -0.4 is 5.32 Å². The number of carbonyl (C=O) groups excluding carboxylic acids is 1. The number of thiazole rings is 1. The number of aryl methyl sites for hydroxylation is 1. The second kappa shape index (κ2) is 5.87. The van der Waals surface area contributed by atoms with E-state index >= 15 is 0 Å². The van der Waals surface area contributed by atoms with Crippen LogP contribution in [0.5, 0.6) is 0 Å². The van der Waals surface area contributed by atoms with Crippen LogP contribution in [0.1, 0.15) is 18.4 Å². The summed E-state index contributed by atoms with van der Waals surface area (Å²) in [6.45, 7) is 1.94. The predicted molar refractivity (Wildman–Crippen MR) is 78.0 cm³/mol. The van der Waals surface area contributed by atoms with Crippen molar-refractivity contribution in [3.63, 3.8) is 0 Å². The molecule has 18 heavy (non-hydrogen) atoms. The molecule has 0 unspecified atom stereocenters. The SMILES string of the molecule is Cc1cc2sc(NC(=O)CCCCl)nc2cc1Cl. The highest BCUT2D eigenvalue weighted by molar-refractivity contribution is 7.22. The van der Waals surface area contributed by atoms with Crippen molar-refractivity contribution in [3.05, 3.63) is 22.7 Å². The molecule has 6 heteroatoms. The molecule has 1 N–H and O–H groups in total. The van der Waals surface area contributed by atoms with E-state index in [1.54, 1.807) is 0 Å². The van der Waals surface area contributed by atoms with Gasteiger partial charge in [0, 0.05) is 17.3 Å². The van der Waals surface area contributed by atoms with Gasteiger partial charge in [0.25, 0.3) is 0 Å². The first kappa shape index (κ1) is 13.6. The van der Waals surface area contributed by atoms with E-state index in [-0.39, 0.29) is 5.91 Å². The minimum absolute atomic E-state index is 0.0578. The molecule has 0 atom stereocenters. The summed E-state index contributed by atoms with van der Waals surface area (Å²) in [6.07, 6.45) is 1.09. The van der Waals surface area contributed by atoms with E-state index < -0.39 is 0 Å². The molecule has 1 amide bonds. The van der Waals surface area contributed by atoms with Crippen molar-refractivity contribution in [2.75, 3.05) is 11.2 Å². The molecule has 0 radical (unpaired) electrons. The summed E-state index contributed by atoms with van der Waals surface area (Å²) < 4.78 is 1.02. The number of halogens is 2. The Hall–Kier alpha value is -0.840. The highest BCUT2D eigenvalue weighted by atomic mass is 35.5. The fourth-order valence-electron chi connectivity index (χ4n) is 1.51. The number of fused-ring (bicyclic) bond motifs is 1. The van der Waals surface area contributed by atoms with Crippen molar-refractivity contribution in [3.8, 4) is 0 Å². The van der Waals surface area contributed by atoms with Gasteiger partial charge < -0.3 is 5.32 Å². The van der Waals surface area contributed by atoms with Gasteiger partial charge >= 0.3 is 0 Å². The maximum absolute atomic E-state index is 11.6. The molecule has 1 aromatic carbocycles. The second-order valence-electron chi connectivity index (χ2n) is 3.93. The number of aromatic nitrogens is 1. The Morgan fingerprint density at radius 2 is 2.28 bits per heavy atom. The van der Waals surface area contributed by atoms with Crippen molar-refractivity contribution in [1.29, 1.82) is 0 Å². The van der Waals surface area contributed by atoms with Crippen LogP contribution in [0.15, 0.2) is 12.1 Å². The number of rotatable bonds is 4. The monoisotopic (exact) mass is 302 g/mol. The first-order chi connectivity index (χ1) is 8.60. The highest BCUT2D eigenvalue weighted by Crippen LogP contribution is 2.30. The molecule has 2 rings (SSSR count). The van der Waals surface area contributed by atoms with Gasteiger partial charge in [-0.1, -0.05) is 22.9 Å². The first-order valence-electron chi connectivity index (χ1n) is 5.52. The number of nitrogens with one attached hydrogen (secondary N) is 1. The third-order valence-corrected chi connectivity index (χ3v) is 4.06. The van der Waals surface area contributed by atoms with Gasteiger partial charge in [0.05, 0.1) is 10.2 Å². The van der Waals surface area contributed by atoms with E-state index in [1.807, 2.05) is 19.1 Å². The fraction of sp³-hybridized carbons (Fsp3) is 0.333. The zero-order valence-electron chi connectivity index (χ0n) is 9.80. The van der Waals surface area contributed by atoms with E-state index in [0.717, 1.165) is 15.8 Å². The van der Waals surface area contributed by atoms with Gasteiger partial charge in [-0.2, -0.15) is 0 Å². The van der Waals surface area contributed by atoms with E-state index in [1.165, 1.54) is 11.3 Å². The third-order valence-electron chi connectivity index (χ3n) is 2.45. The predicted octanol–water partition coefficient (Wildman–Crippen LogP) is 4.22. The Balaban J connectivity index is 2.17. The molecule has 0 saturated heterocycles. The molecule has 0 aliphatic carbocycles. The van der Waals surface area contributed by atoms with E-state index in [4.69, 9.17) is 23.2 Å². The van der Waals surface area contributed by atoms with Crippen LogP contribution in [-0.2, 0) is 4.79 Å². The Bertz CT molecular complexity index is 544. The Morgan fingerprint density at radius 3 is 3.00 bits per heavy atom. The molecule has 0 fully saturated rings. The summed E-state index contributed by atoms with van der Waals surface area (Å²) in [5.74, 6) is 0.430. The number of benzene rings is 1. The lowest BCUT2D eigenvalue weighted by Crippen LogP contribution is -2.10. The van der Waals surface area contributed by atoms with Gasteiger partial charge in [-0.05, 0) is 31.0 Å².